The molecule has 0 aliphatic heterocycles. The summed E-state index contributed by atoms with van der Waals surface area (Å²) in [5.74, 6) is 0. The number of hydrogen-bond acceptors (Lipinski definition) is 3. The monoisotopic (exact) mass is 315 g/mol. The average molecular weight is 315 g/mol. The van der Waals surface area contributed by atoms with Gasteiger partial charge in [0, 0.05) is 21.2 Å². The summed E-state index contributed by atoms with van der Waals surface area (Å²) >= 11 is 1.79. The van der Waals surface area contributed by atoms with E-state index in [4.69, 9.17) is 4.98 Å². The molecule has 0 atom stereocenters. The van der Waals surface area contributed by atoms with Gasteiger partial charge in [-0.1, -0.05) is 36.4 Å². The molecule has 0 N–H and O–H groups in total. The maximum atomic E-state index is 4.86. The van der Waals surface area contributed by atoms with Crippen LogP contribution in [0, 0.1) is 6.92 Å². The first-order chi connectivity index (χ1) is 11.3. The highest BCUT2D eigenvalue weighted by atomic mass is 32.1. The molecule has 3 heterocycles. The van der Waals surface area contributed by atoms with Crippen molar-refractivity contribution < 1.29 is 0 Å². The lowest BCUT2D eigenvalue weighted by Gasteiger charge is -2.05. The summed E-state index contributed by atoms with van der Waals surface area (Å²) in [5.41, 5.74) is 4.33. The van der Waals surface area contributed by atoms with Gasteiger partial charge in [0.1, 0.15) is 0 Å². The van der Waals surface area contributed by atoms with Crippen LogP contribution in [0.25, 0.3) is 36.9 Å². The second-order valence-corrected chi connectivity index (χ2v) is 6.68. The van der Waals surface area contributed by atoms with Crippen molar-refractivity contribution in [1.29, 1.82) is 0 Å². The van der Waals surface area contributed by atoms with E-state index in [0.717, 1.165) is 27.8 Å². The van der Waals surface area contributed by atoms with Gasteiger partial charge in [0.25, 0.3) is 0 Å². The minimum absolute atomic E-state index is 1.03. The number of thiophene rings is 1. The molecule has 3 nitrogen and oxygen atoms in total. The lowest BCUT2D eigenvalue weighted by atomic mass is 10.2. The Morgan fingerprint density at radius 1 is 0.913 bits per heavy atom. The highest BCUT2D eigenvalue weighted by Crippen LogP contribution is 2.38. The van der Waals surface area contributed by atoms with E-state index in [9.17, 15) is 0 Å². The lowest BCUT2D eigenvalue weighted by Crippen LogP contribution is -1.96. The van der Waals surface area contributed by atoms with Crippen molar-refractivity contribution in [3.05, 3.63) is 66.5 Å². The van der Waals surface area contributed by atoms with Crippen LogP contribution in [0.1, 0.15) is 5.69 Å². The predicted molar refractivity (Wildman–Crippen MR) is 96.5 cm³/mol. The first kappa shape index (κ1) is 12.8. The largest absolute Gasteiger partial charge is 0.251 e. The fourth-order valence-corrected chi connectivity index (χ4v) is 4.31. The van der Waals surface area contributed by atoms with Crippen molar-refractivity contribution in [2.24, 2.45) is 0 Å². The summed E-state index contributed by atoms with van der Waals surface area (Å²) in [6, 6.07) is 18.7. The van der Waals surface area contributed by atoms with Crippen LogP contribution in [-0.2, 0) is 0 Å². The third-order valence-corrected chi connectivity index (χ3v) is 5.39. The van der Waals surface area contributed by atoms with E-state index in [1.54, 1.807) is 11.3 Å². The first-order valence-corrected chi connectivity index (χ1v) is 8.35. The highest BCUT2D eigenvalue weighted by Gasteiger charge is 2.16. The van der Waals surface area contributed by atoms with E-state index in [2.05, 4.69) is 48.4 Å². The van der Waals surface area contributed by atoms with Crippen molar-refractivity contribution in [3.8, 4) is 5.69 Å². The zero-order valence-electron chi connectivity index (χ0n) is 12.5. The van der Waals surface area contributed by atoms with Crippen LogP contribution < -0.4 is 0 Å². The molecule has 0 radical (unpaired) electrons. The standard InChI is InChI=1S/C19H13N3S/c1-12-15-11-20-22(13-7-3-2-4-8-13)18(15)19-17(21-12)14-9-5-6-10-16(14)23-19/h2-11H,1H3. The summed E-state index contributed by atoms with van der Waals surface area (Å²) in [5, 5.41) is 6.97. The summed E-state index contributed by atoms with van der Waals surface area (Å²) in [6.45, 7) is 2.06. The van der Waals surface area contributed by atoms with Gasteiger partial charge in [0.2, 0.25) is 0 Å². The fourth-order valence-electron chi connectivity index (χ4n) is 3.13. The maximum Gasteiger partial charge on any atom is 0.0953 e. The minimum Gasteiger partial charge on any atom is -0.251 e. The highest BCUT2D eigenvalue weighted by molar-refractivity contribution is 7.26. The van der Waals surface area contributed by atoms with Crippen LogP contribution in [0.15, 0.2) is 60.8 Å². The molecule has 110 valence electrons. The van der Waals surface area contributed by atoms with Gasteiger partial charge in [-0.3, -0.25) is 4.98 Å². The van der Waals surface area contributed by atoms with Crippen LogP contribution in [0.5, 0.6) is 0 Å². The molecule has 23 heavy (non-hydrogen) atoms. The molecule has 0 fully saturated rings. The van der Waals surface area contributed by atoms with Gasteiger partial charge in [-0.2, -0.15) is 5.10 Å². The summed E-state index contributed by atoms with van der Waals surface area (Å²) < 4.78 is 4.50. The van der Waals surface area contributed by atoms with Gasteiger partial charge in [-0.25, -0.2) is 4.68 Å². The molecule has 5 rings (SSSR count). The van der Waals surface area contributed by atoms with Crippen LogP contribution in [0.4, 0.5) is 0 Å². The van der Waals surface area contributed by atoms with Gasteiger partial charge in [-0.05, 0) is 25.1 Å². The molecule has 0 bridgehead atoms. The Labute approximate surface area is 136 Å². The van der Waals surface area contributed by atoms with Crippen molar-refractivity contribution in [1.82, 2.24) is 14.8 Å². The molecule has 0 amide bonds. The van der Waals surface area contributed by atoms with E-state index in [1.165, 1.54) is 14.8 Å². The molecule has 2 aromatic carbocycles. The molecule has 3 aromatic heterocycles. The molecular formula is C19H13N3S. The number of aryl methyl sites for hydroxylation is 1. The Morgan fingerprint density at radius 3 is 2.57 bits per heavy atom. The molecule has 0 spiro atoms. The summed E-state index contributed by atoms with van der Waals surface area (Å²) in [6.07, 6.45) is 1.93. The maximum absolute atomic E-state index is 4.86. The van der Waals surface area contributed by atoms with Crippen molar-refractivity contribution in [2.45, 2.75) is 6.92 Å². The number of hydrogen-bond donors (Lipinski definition) is 0. The number of rotatable bonds is 1. The predicted octanol–water partition coefficient (Wildman–Crippen LogP) is 5.10. The van der Waals surface area contributed by atoms with Gasteiger partial charge in [0.15, 0.2) is 0 Å². The van der Waals surface area contributed by atoms with Crippen molar-refractivity contribution >= 4 is 42.5 Å². The van der Waals surface area contributed by atoms with E-state index < -0.39 is 0 Å². The summed E-state index contributed by atoms with van der Waals surface area (Å²) in [4.78, 5) is 4.86. The van der Waals surface area contributed by atoms with E-state index in [-0.39, 0.29) is 0 Å². The molecule has 4 heteroatoms. The molecule has 0 saturated carbocycles. The average Bonchev–Trinajstić information content (AvgIpc) is 3.18. The number of nitrogens with zero attached hydrogens (tertiary/aromatic N) is 3. The molecule has 5 aromatic rings. The molecular weight excluding hydrogens is 302 g/mol. The van der Waals surface area contributed by atoms with Crippen molar-refractivity contribution in [3.63, 3.8) is 0 Å². The summed E-state index contributed by atoms with van der Waals surface area (Å²) in [7, 11) is 0. The van der Waals surface area contributed by atoms with Gasteiger partial charge in [0.05, 0.1) is 27.6 Å². The third-order valence-electron chi connectivity index (χ3n) is 4.22. The van der Waals surface area contributed by atoms with E-state index >= 15 is 0 Å². The number of pyridine rings is 1. The number of para-hydroxylation sites is 1. The Morgan fingerprint density at radius 2 is 1.70 bits per heavy atom. The van der Waals surface area contributed by atoms with Gasteiger partial charge in [-0.15, -0.1) is 11.3 Å². The zero-order valence-corrected chi connectivity index (χ0v) is 13.3. The van der Waals surface area contributed by atoms with E-state index in [0.29, 0.717) is 0 Å². The number of aromatic nitrogens is 3. The molecule has 0 saturated heterocycles. The van der Waals surface area contributed by atoms with E-state index in [1.807, 2.05) is 29.1 Å². The van der Waals surface area contributed by atoms with Crippen molar-refractivity contribution in [2.75, 3.05) is 0 Å². The number of fused-ring (bicyclic) bond motifs is 5. The van der Waals surface area contributed by atoms with Gasteiger partial charge < -0.3 is 0 Å². The Bertz CT molecular complexity index is 1170. The Hall–Kier alpha value is -2.72. The Balaban J connectivity index is 2.01. The normalized spacial score (nSPS) is 11.7. The van der Waals surface area contributed by atoms with Crippen LogP contribution in [0.2, 0.25) is 0 Å². The molecule has 0 unspecified atom stereocenters. The molecule has 0 aliphatic rings. The van der Waals surface area contributed by atoms with Gasteiger partial charge >= 0.3 is 0 Å². The van der Waals surface area contributed by atoms with Crippen LogP contribution >= 0.6 is 11.3 Å². The Kier molecular flexibility index (Phi) is 2.58. The minimum atomic E-state index is 1.03. The van der Waals surface area contributed by atoms with Crippen LogP contribution in [0.3, 0.4) is 0 Å². The van der Waals surface area contributed by atoms with Crippen LogP contribution in [-0.4, -0.2) is 14.8 Å². The topological polar surface area (TPSA) is 30.7 Å². The third kappa shape index (κ3) is 1.75. The smallest absolute Gasteiger partial charge is 0.0953 e. The lowest BCUT2D eigenvalue weighted by molar-refractivity contribution is 0.914. The SMILES string of the molecule is Cc1nc2c3ccccc3sc2c2c1cnn2-c1ccccc1. The first-order valence-electron chi connectivity index (χ1n) is 7.54. The second kappa shape index (κ2) is 4.64. The fraction of sp³-hybridized carbons (Fsp3) is 0.0526. The zero-order chi connectivity index (χ0) is 15.4. The second-order valence-electron chi connectivity index (χ2n) is 5.63. The number of benzene rings is 2. The quantitative estimate of drug-likeness (QED) is 0.431. The molecule has 0 aliphatic carbocycles.